The summed E-state index contributed by atoms with van der Waals surface area (Å²) in [5, 5.41) is 0. The van der Waals surface area contributed by atoms with E-state index in [1.54, 1.807) is 0 Å². The largest absolute Gasteiger partial charge is 0.365 e. The lowest BCUT2D eigenvalue weighted by atomic mass is 9.92. The molecule has 1 heterocycles. The molecule has 1 unspecified atom stereocenters. The first kappa shape index (κ1) is 13.1. The van der Waals surface area contributed by atoms with Gasteiger partial charge in [-0.25, -0.2) is 0 Å². The number of benzene rings is 2. The van der Waals surface area contributed by atoms with Gasteiger partial charge in [-0.05, 0) is 29.5 Å². The lowest BCUT2D eigenvalue weighted by molar-refractivity contribution is 0.0349. The van der Waals surface area contributed by atoms with Gasteiger partial charge in [-0.2, -0.15) is 0 Å². The van der Waals surface area contributed by atoms with Gasteiger partial charge in [0.25, 0.3) is 0 Å². The maximum atomic E-state index is 12.6. The quantitative estimate of drug-likeness (QED) is 0.791. The summed E-state index contributed by atoms with van der Waals surface area (Å²) in [5.41, 5.74) is 4.21. The van der Waals surface area contributed by atoms with Crippen LogP contribution in [-0.2, 0) is 17.6 Å². The van der Waals surface area contributed by atoms with Crippen LogP contribution in [0.15, 0.2) is 48.5 Å². The Morgan fingerprint density at radius 2 is 1.90 bits per heavy atom. The van der Waals surface area contributed by atoms with Crippen molar-refractivity contribution in [2.45, 2.75) is 25.9 Å². The summed E-state index contributed by atoms with van der Waals surface area (Å²) in [6.45, 7) is 2.72. The van der Waals surface area contributed by atoms with E-state index in [9.17, 15) is 4.79 Å². The summed E-state index contributed by atoms with van der Waals surface area (Å²) in [7, 11) is 0. The Kier molecular flexibility index (Phi) is 3.66. The van der Waals surface area contributed by atoms with Crippen molar-refractivity contribution in [3.63, 3.8) is 0 Å². The molecular formula is C18H18O2. The molecule has 0 N–H and O–H groups in total. The molecule has 1 aliphatic rings. The van der Waals surface area contributed by atoms with E-state index < -0.39 is 6.10 Å². The summed E-state index contributed by atoms with van der Waals surface area (Å²) in [4.78, 5) is 12.6. The van der Waals surface area contributed by atoms with Crippen LogP contribution >= 0.6 is 0 Å². The number of fused-ring (bicyclic) bond motifs is 1. The van der Waals surface area contributed by atoms with E-state index in [1.165, 1.54) is 11.1 Å². The van der Waals surface area contributed by atoms with Crippen molar-refractivity contribution < 1.29 is 9.53 Å². The Morgan fingerprint density at radius 3 is 2.65 bits per heavy atom. The lowest BCUT2D eigenvalue weighted by Crippen LogP contribution is -2.23. The van der Waals surface area contributed by atoms with Crippen molar-refractivity contribution in [1.29, 1.82) is 0 Å². The van der Waals surface area contributed by atoms with Gasteiger partial charge in [0.05, 0.1) is 6.61 Å². The fourth-order valence-electron chi connectivity index (χ4n) is 2.67. The molecule has 0 aromatic heterocycles. The third-order valence-corrected chi connectivity index (χ3v) is 3.88. The van der Waals surface area contributed by atoms with Gasteiger partial charge in [0.2, 0.25) is 0 Å². The summed E-state index contributed by atoms with van der Waals surface area (Å²) < 4.78 is 5.73. The number of hydrogen-bond donors (Lipinski definition) is 0. The molecular weight excluding hydrogens is 248 g/mol. The van der Waals surface area contributed by atoms with Gasteiger partial charge in [0.15, 0.2) is 5.78 Å². The molecule has 0 saturated heterocycles. The monoisotopic (exact) mass is 266 g/mol. The number of aryl methyl sites for hydroxylation is 1. The minimum atomic E-state index is -0.451. The van der Waals surface area contributed by atoms with Crippen LogP contribution in [-0.4, -0.2) is 12.4 Å². The Bertz CT molecular complexity index is 614. The van der Waals surface area contributed by atoms with E-state index in [2.05, 4.69) is 13.0 Å². The van der Waals surface area contributed by atoms with E-state index in [0.717, 1.165) is 24.0 Å². The first-order valence-corrected chi connectivity index (χ1v) is 7.12. The van der Waals surface area contributed by atoms with Crippen LogP contribution in [0.25, 0.3) is 0 Å². The number of ether oxygens (including phenoxy) is 1. The normalized spacial score (nSPS) is 17.6. The van der Waals surface area contributed by atoms with E-state index in [-0.39, 0.29) is 5.78 Å². The number of carbonyl (C=O) groups excluding carboxylic acids is 1. The van der Waals surface area contributed by atoms with Crippen LogP contribution in [0.4, 0.5) is 0 Å². The molecule has 2 aromatic rings. The molecule has 0 amide bonds. The zero-order valence-electron chi connectivity index (χ0n) is 11.6. The van der Waals surface area contributed by atoms with Gasteiger partial charge >= 0.3 is 0 Å². The number of rotatable bonds is 3. The second kappa shape index (κ2) is 5.59. The Balaban J connectivity index is 1.91. The molecule has 0 radical (unpaired) electrons. The third-order valence-electron chi connectivity index (χ3n) is 3.88. The molecule has 1 atom stereocenters. The number of ketones is 1. The smallest absolute Gasteiger partial charge is 0.196 e. The number of hydrogen-bond acceptors (Lipinski definition) is 2. The van der Waals surface area contributed by atoms with Crippen LogP contribution in [0.1, 0.15) is 40.1 Å². The molecule has 0 fully saturated rings. The average molecular weight is 266 g/mol. The van der Waals surface area contributed by atoms with Crippen molar-refractivity contribution >= 4 is 5.78 Å². The van der Waals surface area contributed by atoms with Crippen molar-refractivity contribution in [3.05, 3.63) is 70.8 Å². The maximum Gasteiger partial charge on any atom is 0.196 e. The number of carbonyl (C=O) groups is 1. The second-order valence-corrected chi connectivity index (χ2v) is 5.11. The van der Waals surface area contributed by atoms with E-state index in [4.69, 9.17) is 4.74 Å². The first-order chi connectivity index (χ1) is 9.79. The molecule has 1 aliphatic heterocycles. The van der Waals surface area contributed by atoms with Crippen molar-refractivity contribution in [2.75, 3.05) is 6.61 Å². The standard InChI is InChI=1S/C18H18O2/c1-2-13-7-9-15(10-8-13)17(19)18-16-6-4-3-5-14(16)11-12-20-18/h3-10,18H,2,11-12H2,1H3. The fraction of sp³-hybridized carbons (Fsp3) is 0.278. The Hall–Kier alpha value is -1.93. The summed E-state index contributed by atoms with van der Waals surface area (Å²) in [5.74, 6) is 0.0554. The molecule has 0 saturated carbocycles. The second-order valence-electron chi connectivity index (χ2n) is 5.11. The molecule has 0 aliphatic carbocycles. The highest BCUT2D eigenvalue weighted by Gasteiger charge is 2.27. The molecule has 0 spiro atoms. The molecule has 0 bridgehead atoms. The summed E-state index contributed by atoms with van der Waals surface area (Å²) in [6.07, 6.45) is 1.42. The molecule has 2 nitrogen and oxygen atoms in total. The molecule has 20 heavy (non-hydrogen) atoms. The average Bonchev–Trinajstić information content (AvgIpc) is 2.54. The van der Waals surface area contributed by atoms with Gasteiger partial charge in [0, 0.05) is 5.56 Å². The van der Waals surface area contributed by atoms with Crippen LogP contribution in [0, 0.1) is 0 Å². The zero-order chi connectivity index (χ0) is 13.9. The van der Waals surface area contributed by atoms with Crippen molar-refractivity contribution in [3.8, 4) is 0 Å². The minimum absolute atomic E-state index is 0.0554. The van der Waals surface area contributed by atoms with Crippen LogP contribution in [0.5, 0.6) is 0 Å². The van der Waals surface area contributed by atoms with E-state index in [0.29, 0.717) is 6.61 Å². The van der Waals surface area contributed by atoms with E-state index >= 15 is 0 Å². The summed E-state index contributed by atoms with van der Waals surface area (Å²) in [6, 6.07) is 15.9. The highest BCUT2D eigenvalue weighted by atomic mass is 16.5. The highest BCUT2D eigenvalue weighted by molar-refractivity contribution is 6.00. The van der Waals surface area contributed by atoms with Crippen LogP contribution in [0.3, 0.4) is 0 Å². The van der Waals surface area contributed by atoms with Gasteiger partial charge in [-0.15, -0.1) is 0 Å². The van der Waals surface area contributed by atoms with Gasteiger partial charge < -0.3 is 4.74 Å². The van der Waals surface area contributed by atoms with Gasteiger partial charge in [-0.3, -0.25) is 4.79 Å². The van der Waals surface area contributed by atoms with Crippen LogP contribution in [0.2, 0.25) is 0 Å². The number of Topliss-reactive ketones (excluding diaryl/α,β-unsaturated/α-hetero) is 1. The topological polar surface area (TPSA) is 26.3 Å². The summed E-state index contributed by atoms with van der Waals surface area (Å²) >= 11 is 0. The Labute approximate surface area is 119 Å². The predicted octanol–water partition coefficient (Wildman–Crippen LogP) is 3.75. The van der Waals surface area contributed by atoms with Gasteiger partial charge in [0.1, 0.15) is 6.10 Å². The minimum Gasteiger partial charge on any atom is -0.365 e. The van der Waals surface area contributed by atoms with Crippen molar-refractivity contribution in [1.82, 2.24) is 0 Å². The van der Waals surface area contributed by atoms with Gasteiger partial charge in [-0.1, -0.05) is 55.5 Å². The van der Waals surface area contributed by atoms with Crippen molar-refractivity contribution in [2.24, 2.45) is 0 Å². The van der Waals surface area contributed by atoms with Crippen LogP contribution < -0.4 is 0 Å². The SMILES string of the molecule is CCc1ccc(C(=O)C2OCCc3ccccc32)cc1. The molecule has 3 rings (SSSR count). The third kappa shape index (κ3) is 2.39. The fourth-order valence-corrected chi connectivity index (χ4v) is 2.67. The molecule has 2 heteroatoms. The lowest BCUT2D eigenvalue weighted by Gasteiger charge is -2.25. The maximum absolute atomic E-state index is 12.6. The zero-order valence-corrected chi connectivity index (χ0v) is 11.6. The molecule has 102 valence electrons. The molecule has 2 aromatic carbocycles. The highest BCUT2D eigenvalue weighted by Crippen LogP contribution is 2.29. The Morgan fingerprint density at radius 1 is 1.15 bits per heavy atom. The first-order valence-electron chi connectivity index (χ1n) is 7.12. The van der Waals surface area contributed by atoms with E-state index in [1.807, 2.05) is 42.5 Å². The predicted molar refractivity (Wildman–Crippen MR) is 79.0 cm³/mol.